The first kappa shape index (κ1) is 46.4. The number of hydrogen-bond donors (Lipinski definition) is 0. The molecule has 1 radical (unpaired) electrons. The van der Waals surface area contributed by atoms with Crippen molar-refractivity contribution in [3.05, 3.63) is 162 Å². The Hall–Kier alpha value is -5.55. The second-order valence-electron chi connectivity index (χ2n) is 18.6. The molecule has 0 spiro atoms. The first-order valence-corrected chi connectivity index (χ1v) is 26.4. The maximum Gasteiger partial charge on any atom is 0.113 e. The maximum absolute atomic E-state index is 8.89. The van der Waals surface area contributed by atoms with Crippen LogP contribution in [0.3, 0.4) is 0 Å². The van der Waals surface area contributed by atoms with Crippen LogP contribution < -0.4 is 5.19 Å². The van der Waals surface area contributed by atoms with Crippen molar-refractivity contribution in [1.29, 1.82) is 5.26 Å². The van der Waals surface area contributed by atoms with Gasteiger partial charge in [-0.2, -0.15) is 11.3 Å². The largest absolute Gasteiger partial charge is 0.333 e. The number of rotatable bonds is 9. The van der Waals surface area contributed by atoms with Crippen LogP contribution in [0.25, 0.3) is 70.8 Å². The Morgan fingerprint density at radius 2 is 1.47 bits per heavy atom. The first-order chi connectivity index (χ1) is 30.2. The molecule has 0 atom stereocenters. The molecule has 0 saturated carbocycles. The van der Waals surface area contributed by atoms with Crippen LogP contribution in [-0.2, 0) is 26.5 Å². The molecule has 5 aromatic carbocycles. The van der Waals surface area contributed by atoms with E-state index < -0.39 is 8.07 Å². The van der Waals surface area contributed by atoms with Crippen LogP contribution >= 0.6 is 11.3 Å². The summed E-state index contributed by atoms with van der Waals surface area (Å²) in [5, 5.41) is 12.7. The molecule has 0 amide bonds. The molecule has 0 saturated heterocycles. The molecule has 8 heteroatoms. The molecule has 325 valence electrons. The molecule has 0 N–H and O–H groups in total. The van der Waals surface area contributed by atoms with Gasteiger partial charge in [-0.1, -0.05) is 132 Å². The summed E-state index contributed by atoms with van der Waals surface area (Å²) in [4.78, 5) is 15.9. The molecule has 5 nitrogen and oxygen atoms in total. The molecule has 9 rings (SSSR count). The van der Waals surface area contributed by atoms with Gasteiger partial charge < -0.3 is 9.55 Å². The smallest absolute Gasteiger partial charge is 0.113 e. The minimum absolute atomic E-state index is 0. The average Bonchev–Trinajstić information content (AvgIpc) is 3.84. The Bertz CT molecular complexity index is 3100. The van der Waals surface area contributed by atoms with E-state index in [0.29, 0.717) is 23.3 Å². The van der Waals surface area contributed by atoms with E-state index in [1.807, 2.05) is 18.2 Å². The van der Waals surface area contributed by atoms with Gasteiger partial charge in [-0.3, -0.25) is 4.98 Å². The Labute approximate surface area is 397 Å². The predicted molar refractivity (Wildman–Crippen MR) is 269 cm³/mol. The fourth-order valence-corrected chi connectivity index (χ4v) is 11.3. The van der Waals surface area contributed by atoms with Crippen LogP contribution in [0.15, 0.2) is 121 Å². The monoisotopic (exact) mass is 1050 g/mol. The van der Waals surface area contributed by atoms with E-state index in [-0.39, 0.29) is 20.1 Å². The number of para-hydroxylation sites is 2. The Kier molecular flexibility index (Phi) is 14.0. The van der Waals surface area contributed by atoms with Gasteiger partial charge in [-0.25, -0.2) is 10.2 Å². The number of imidazole rings is 1. The van der Waals surface area contributed by atoms with Gasteiger partial charge in [0.25, 0.3) is 0 Å². The third kappa shape index (κ3) is 9.46. The van der Waals surface area contributed by atoms with E-state index in [2.05, 4.69) is 193 Å². The molecule has 0 unspecified atom stereocenters. The summed E-state index contributed by atoms with van der Waals surface area (Å²) in [6, 6.07) is 49.1. The van der Waals surface area contributed by atoms with Gasteiger partial charge in [0.2, 0.25) is 0 Å². The third-order valence-corrected chi connectivity index (χ3v) is 14.8. The van der Waals surface area contributed by atoms with Crippen molar-refractivity contribution in [2.24, 2.45) is 5.92 Å². The molecule has 4 aromatic heterocycles. The molecule has 4 heterocycles. The maximum atomic E-state index is 8.89. The van der Waals surface area contributed by atoms with E-state index in [4.69, 9.17) is 15.2 Å². The van der Waals surface area contributed by atoms with Crippen molar-refractivity contribution in [3.8, 4) is 45.5 Å². The fraction of sp³-hybridized carbons (Fsp3) is 0.250. The van der Waals surface area contributed by atoms with E-state index in [1.54, 1.807) is 17.4 Å². The third-order valence-electron chi connectivity index (χ3n) is 11.6. The van der Waals surface area contributed by atoms with Gasteiger partial charge in [0.15, 0.2) is 0 Å². The Balaban J connectivity index is 0.000000227. The molecular formula is C56H55IrN5SSi-2. The molecule has 0 aliphatic carbocycles. The van der Waals surface area contributed by atoms with Crippen LogP contribution in [0, 0.1) is 36.3 Å². The van der Waals surface area contributed by atoms with Gasteiger partial charge >= 0.3 is 0 Å². The summed E-state index contributed by atoms with van der Waals surface area (Å²) in [5.41, 5.74) is 14.5. The van der Waals surface area contributed by atoms with E-state index in [0.717, 1.165) is 50.6 Å². The van der Waals surface area contributed by atoms with Crippen LogP contribution in [0.4, 0.5) is 0 Å². The summed E-state index contributed by atoms with van der Waals surface area (Å²) in [6.07, 6.45) is 3.14. The molecule has 64 heavy (non-hydrogen) atoms. The molecule has 0 aliphatic rings. The van der Waals surface area contributed by atoms with E-state index in [9.17, 15) is 0 Å². The average molecular weight is 1050 g/mol. The van der Waals surface area contributed by atoms with Gasteiger partial charge in [0.05, 0.1) is 24.9 Å². The number of fused-ring (bicyclic) bond motifs is 4. The minimum Gasteiger partial charge on any atom is -0.333 e. The van der Waals surface area contributed by atoms with Crippen molar-refractivity contribution in [1.82, 2.24) is 19.5 Å². The number of nitrogens with zero attached hydrogens (tertiary/aromatic N) is 5. The summed E-state index contributed by atoms with van der Waals surface area (Å²) in [5.74, 6) is 2.18. The van der Waals surface area contributed by atoms with Crippen LogP contribution in [0.2, 0.25) is 19.6 Å². The number of pyridine rings is 2. The van der Waals surface area contributed by atoms with Crippen LogP contribution in [0.5, 0.6) is 0 Å². The van der Waals surface area contributed by atoms with Gasteiger partial charge in [-0.05, 0) is 110 Å². The zero-order valence-electron chi connectivity index (χ0n) is 38.5. The normalized spacial score (nSPS) is 11.6. The van der Waals surface area contributed by atoms with Crippen molar-refractivity contribution in [2.75, 3.05) is 0 Å². The minimum atomic E-state index is -1.40. The standard InChI is InChI=1S/C37H32N3S.C19H23N2Si.Ir/c1-22(2)30-20-26(25-12-7-6-8-13-25)21-31(23(3)4)34(30)40-33-17-10-9-16-32(33)39-36(40)29-15-11-14-27-28-19-18-24(5)38-37(28)41-35(27)29;1-14(2)10-17-11-18(21-13-19(17)22(3,4)5)16-8-6-15(12-20)7-9-16;/h6-14,16-23H,1-5H3;6-8,11,13-14H,10H2,1-5H3;/q2*-1;. The van der Waals surface area contributed by atoms with Gasteiger partial charge in [0, 0.05) is 43.8 Å². The summed E-state index contributed by atoms with van der Waals surface area (Å²) < 4.78 is 3.58. The Morgan fingerprint density at radius 3 is 2.11 bits per heavy atom. The van der Waals surface area contributed by atoms with Crippen LogP contribution in [0.1, 0.15) is 81.3 Å². The number of thiophene rings is 1. The number of aryl methyl sites for hydroxylation is 1. The van der Waals surface area contributed by atoms with E-state index >= 15 is 0 Å². The predicted octanol–water partition coefficient (Wildman–Crippen LogP) is 14.6. The van der Waals surface area contributed by atoms with Crippen LogP contribution in [-0.4, -0.2) is 27.6 Å². The number of benzene rings is 5. The summed E-state index contributed by atoms with van der Waals surface area (Å²) in [6.45, 7) is 22.8. The summed E-state index contributed by atoms with van der Waals surface area (Å²) >= 11 is 1.74. The molecule has 9 aromatic rings. The second-order valence-corrected chi connectivity index (χ2v) is 24.7. The molecule has 0 fully saturated rings. The molecular weight excluding hydrogens is 995 g/mol. The quantitative estimate of drug-likeness (QED) is 0.107. The van der Waals surface area contributed by atoms with Crippen molar-refractivity contribution in [3.63, 3.8) is 0 Å². The van der Waals surface area contributed by atoms with Gasteiger partial charge in [-0.15, -0.1) is 48.0 Å². The Morgan fingerprint density at radius 1 is 0.766 bits per heavy atom. The van der Waals surface area contributed by atoms with Gasteiger partial charge in [0.1, 0.15) is 4.83 Å². The second kappa shape index (κ2) is 19.3. The SMILES string of the molecule is CC(C)Cc1cc(-c2[c-]cc(C#N)cc2)ncc1[Si](C)(C)C.Cc1ccc2c(n1)sc1c(-c3nc4ccccc4n3-c3c(C(C)C)cc(-c4ccccc4)cc3C(C)C)[c-]ccc12.[Ir]. The van der Waals surface area contributed by atoms with Crippen molar-refractivity contribution in [2.45, 2.75) is 86.4 Å². The fourth-order valence-electron chi connectivity index (χ4n) is 8.50. The molecule has 0 aliphatic heterocycles. The summed E-state index contributed by atoms with van der Waals surface area (Å²) in [7, 11) is -1.40. The number of aromatic nitrogens is 4. The van der Waals surface area contributed by atoms with Crippen molar-refractivity contribution < 1.29 is 20.1 Å². The number of hydrogen-bond acceptors (Lipinski definition) is 5. The topological polar surface area (TPSA) is 67.4 Å². The zero-order valence-corrected chi connectivity index (χ0v) is 42.7. The zero-order chi connectivity index (χ0) is 44.6. The van der Waals surface area contributed by atoms with E-state index in [1.165, 1.54) is 54.2 Å². The molecule has 0 bridgehead atoms. The number of nitriles is 1. The first-order valence-electron chi connectivity index (χ1n) is 22.1. The van der Waals surface area contributed by atoms with Crippen molar-refractivity contribution >= 4 is 55.9 Å².